The summed E-state index contributed by atoms with van der Waals surface area (Å²) >= 11 is 5.83. The molecule has 0 aliphatic carbocycles. The number of carbonyl (C=O) groups excluding carboxylic acids is 1. The number of rotatable bonds is 6. The van der Waals surface area contributed by atoms with Crippen molar-refractivity contribution in [2.45, 2.75) is 47.1 Å². The highest BCUT2D eigenvalue weighted by Crippen LogP contribution is 2.34. The van der Waals surface area contributed by atoms with Crippen LogP contribution in [0.15, 0.2) is 24.3 Å². The van der Waals surface area contributed by atoms with Crippen molar-refractivity contribution in [3.63, 3.8) is 0 Å². The van der Waals surface area contributed by atoms with Crippen molar-refractivity contribution in [2.24, 2.45) is 0 Å². The molecule has 0 fully saturated rings. The highest BCUT2D eigenvalue weighted by Gasteiger charge is 2.22. The number of nitrogens with one attached hydrogen (secondary N) is 1. The van der Waals surface area contributed by atoms with Crippen molar-refractivity contribution < 1.29 is 13.9 Å². The Hall–Kier alpha value is -1.91. The van der Waals surface area contributed by atoms with Gasteiger partial charge in [-0.3, -0.25) is 4.79 Å². The third-order valence-electron chi connectivity index (χ3n) is 4.43. The fourth-order valence-electron chi connectivity index (χ4n) is 3.42. The van der Waals surface area contributed by atoms with Crippen LogP contribution in [0.5, 0.6) is 0 Å². The van der Waals surface area contributed by atoms with Crippen LogP contribution >= 0.6 is 11.8 Å². The first-order valence-electron chi connectivity index (χ1n) is 8.68. The molecule has 1 N–H and O–H groups in total. The van der Waals surface area contributed by atoms with Crippen LogP contribution in [-0.2, 0) is 9.53 Å². The first-order chi connectivity index (χ1) is 12.3. The Morgan fingerprint density at radius 2 is 1.73 bits per heavy atom. The molecule has 0 radical (unpaired) electrons. The summed E-state index contributed by atoms with van der Waals surface area (Å²) in [4.78, 5) is 14.4. The smallest absolute Gasteiger partial charge is 0.307 e. The van der Waals surface area contributed by atoms with E-state index in [9.17, 15) is 9.18 Å². The Morgan fingerprint density at radius 3 is 2.27 bits per heavy atom. The molecule has 3 nitrogen and oxygen atoms in total. The van der Waals surface area contributed by atoms with Crippen LogP contribution in [0.25, 0.3) is 11.1 Å². The second-order valence-corrected chi connectivity index (χ2v) is 6.86. The van der Waals surface area contributed by atoms with E-state index in [1.807, 2.05) is 19.9 Å². The van der Waals surface area contributed by atoms with Gasteiger partial charge in [-0.05, 0) is 86.3 Å². The summed E-state index contributed by atoms with van der Waals surface area (Å²) in [6.07, 6.45) is -0.0387. The summed E-state index contributed by atoms with van der Waals surface area (Å²) in [5.74, 6) is -0.783. The fraction of sp³-hybridized carbons (Fsp3) is 0.381. The van der Waals surface area contributed by atoms with Gasteiger partial charge in [0, 0.05) is 5.56 Å². The molecule has 0 heterocycles. The molecule has 0 saturated carbocycles. The van der Waals surface area contributed by atoms with Crippen molar-refractivity contribution in [2.75, 3.05) is 6.61 Å². The maximum absolute atomic E-state index is 14.8. The van der Waals surface area contributed by atoms with Gasteiger partial charge in [-0.15, -0.1) is 0 Å². The van der Waals surface area contributed by atoms with E-state index in [1.165, 1.54) is 5.56 Å². The van der Waals surface area contributed by atoms with E-state index in [2.05, 4.69) is 23.9 Å². The van der Waals surface area contributed by atoms with Crippen LogP contribution < -0.4 is 4.84 Å². The monoisotopic (exact) mass is 377 g/mol. The Morgan fingerprint density at radius 1 is 1.12 bits per heavy atom. The third-order valence-corrected chi connectivity index (χ3v) is 4.70. The molecule has 0 bridgehead atoms. The van der Waals surface area contributed by atoms with E-state index in [-0.39, 0.29) is 18.8 Å². The van der Waals surface area contributed by atoms with Crippen LogP contribution in [0.3, 0.4) is 0 Å². The lowest BCUT2D eigenvalue weighted by molar-refractivity contribution is -0.143. The molecule has 2 rings (SSSR count). The molecule has 0 aromatic heterocycles. The standard InChI is InChI=1S/C21H25ClFNO2/c1-6-26-19(25)11-18(24-22)17-10-16(9-15(5)21(17)23)20-13(3)7-12(2)8-14(20)4/h7-10,18,24H,6,11H2,1-5H3. The molecule has 5 heteroatoms. The molecule has 0 saturated heterocycles. The van der Waals surface area contributed by atoms with Crippen LogP contribution in [-0.4, -0.2) is 12.6 Å². The topological polar surface area (TPSA) is 38.3 Å². The predicted octanol–water partition coefficient (Wildman–Crippen LogP) is 5.46. The summed E-state index contributed by atoms with van der Waals surface area (Å²) in [5, 5.41) is 0. The van der Waals surface area contributed by atoms with Gasteiger partial charge in [0.15, 0.2) is 0 Å². The van der Waals surface area contributed by atoms with Crippen LogP contribution in [0.2, 0.25) is 0 Å². The molecule has 26 heavy (non-hydrogen) atoms. The van der Waals surface area contributed by atoms with Crippen molar-refractivity contribution in [3.8, 4) is 11.1 Å². The summed E-state index contributed by atoms with van der Waals surface area (Å²) in [6, 6.07) is 7.15. The summed E-state index contributed by atoms with van der Waals surface area (Å²) in [5.41, 5.74) is 6.30. The van der Waals surface area contributed by atoms with Crippen molar-refractivity contribution in [3.05, 3.63) is 57.9 Å². The molecule has 140 valence electrons. The van der Waals surface area contributed by atoms with E-state index in [0.29, 0.717) is 11.1 Å². The average Bonchev–Trinajstić information content (AvgIpc) is 2.55. The summed E-state index contributed by atoms with van der Waals surface area (Å²) in [7, 11) is 0. The number of hydrogen-bond donors (Lipinski definition) is 1. The lowest BCUT2D eigenvalue weighted by atomic mass is 9.90. The molecule has 0 aliphatic heterocycles. The minimum Gasteiger partial charge on any atom is -0.466 e. The van der Waals surface area contributed by atoms with E-state index in [4.69, 9.17) is 16.5 Å². The zero-order valence-electron chi connectivity index (χ0n) is 15.9. The zero-order valence-corrected chi connectivity index (χ0v) is 16.6. The summed E-state index contributed by atoms with van der Waals surface area (Å²) in [6.45, 7) is 9.87. The number of carbonyl (C=O) groups is 1. The van der Waals surface area contributed by atoms with Gasteiger partial charge >= 0.3 is 5.97 Å². The van der Waals surface area contributed by atoms with Gasteiger partial charge in [0.2, 0.25) is 0 Å². The molecular weight excluding hydrogens is 353 g/mol. The van der Waals surface area contributed by atoms with Crippen LogP contribution in [0, 0.1) is 33.5 Å². The molecule has 1 unspecified atom stereocenters. The minimum absolute atomic E-state index is 0.0387. The zero-order chi connectivity index (χ0) is 19.4. The highest BCUT2D eigenvalue weighted by molar-refractivity contribution is 6.13. The van der Waals surface area contributed by atoms with Crippen LogP contribution in [0.4, 0.5) is 4.39 Å². The molecule has 0 amide bonds. The van der Waals surface area contributed by atoms with E-state index >= 15 is 0 Å². The quantitative estimate of drug-likeness (QED) is 0.536. The first kappa shape index (κ1) is 20.4. The van der Waals surface area contributed by atoms with Gasteiger partial charge in [0.05, 0.1) is 19.1 Å². The first-order valence-corrected chi connectivity index (χ1v) is 9.06. The minimum atomic E-state index is -0.666. The van der Waals surface area contributed by atoms with Gasteiger partial charge in [0.25, 0.3) is 0 Å². The van der Waals surface area contributed by atoms with Gasteiger partial charge in [-0.2, -0.15) is 0 Å². The van der Waals surface area contributed by atoms with E-state index < -0.39 is 12.0 Å². The van der Waals surface area contributed by atoms with Gasteiger partial charge in [0.1, 0.15) is 5.82 Å². The van der Waals surface area contributed by atoms with Crippen molar-refractivity contribution >= 4 is 17.7 Å². The van der Waals surface area contributed by atoms with Gasteiger partial charge in [-0.25, -0.2) is 9.23 Å². The Labute approximate surface area is 159 Å². The van der Waals surface area contributed by atoms with Gasteiger partial charge < -0.3 is 4.74 Å². The third kappa shape index (κ3) is 4.43. The Balaban J connectivity index is 2.54. The largest absolute Gasteiger partial charge is 0.466 e. The number of hydrogen-bond acceptors (Lipinski definition) is 3. The van der Waals surface area contributed by atoms with Crippen molar-refractivity contribution in [1.29, 1.82) is 0 Å². The molecule has 1 atom stereocenters. The Bertz CT molecular complexity index is 797. The maximum Gasteiger partial charge on any atom is 0.307 e. The van der Waals surface area contributed by atoms with E-state index in [1.54, 1.807) is 19.9 Å². The number of esters is 1. The fourth-order valence-corrected chi connectivity index (χ4v) is 3.62. The molecule has 0 aliphatic rings. The second kappa shape index (κ2) is 8.65. The molecule has 0 spiro atoms. The van der Waals surface area contributed by atoms with Crippen molar-refractivity contribution in [1.82, 2.24) is 4.84 Å². The lowest BCUT2D eigenvalue weighted by Gasteiger charge is -2.19. The molecule has 2 aromatic carbocycles. The SMILES string of the molecule is CCOC(=O)CC(NCl)c1cc(-c2c(C)cc(C)cc2C)cc(C)c1F. The van der Waals surface area contributed by atoms with Gasteiger partial charge in [-0.1, -0.05) is 17.7 Å². The molecule has 2 aromatic rings. The number of benzene rings is 2. The number of aryl methyl sites for hydroxylation is 4. The molecular formula is C21H25ClFNO2. The normalized spacial score (nSPS) is 12.1. The highest BCUT2D eigenvalue weighted by atomic mass is 35.5. The lowest BCUT2D eigenvalue weighted by Crippen LogP contribution is -2.19. The predicted molar refractivity (Wildman–Crippen MR) is 104 cm³/mol. The average molecular weight is 378 g/mol. The summed E-state index contributed by atoms with van der Waals surface area (Å²) < 4.78 is 19.8. The number of halogens is 2. The van der Waals surface area contributed by atoms with E-state index in [0.717, 1.165) is 22.3 Å². The second-order valence-electron chi connectivity index (χ2n) is 6.64. The Kier molecular flexibility index (Phi) is 6.79. The maximum atomic E-state index is 14.8. The number of ether oxygens (including phenoxy) is 1. The van der Waals surface area contributed by atoms with Crippen LogP contribution in [0.1, 0.15) is 47.2 Å².